The second-order valence-electron chi connectivity index (χ2n) is 7.42. The third kappa shape index (κ3) is 4.88. The second-order valence-corrected chi connectivity index (χ2v) is 7.42. The molecule has 2 aromatic carbocycles. The molecule has 1 amide bonds. The molecule has 1 saturated heterocycles. The van der Waals surface area contributed by atoms with Gasteiger partial charge in [0.2, 0.25) is 5.91 Å². The van der Waals surface area contributed by atoms with E-state index in [9.17, 15) is 14.7 Å². The van der Waals surface area contributed by atoms with E-state index >= 15 is 0 Å². The van der Waals surface area contributed by atoms with E-state index in [1.54, 1.807) is 12.1 Å². The van der Waals surface area contributed by atoms with Crippen molar-refractivity contribution in [2.45, 2.75) is 33.1 Å². The molecule has 5 heteroatoms. The van der Waals surface area contributed by atoms with Gasteiger partial charge in [0.1, 0.15) is 0 Å². The van der Waals surface area contributed by atoms with E-state index in [4.69, 9.17) is 0 Å². The van der Waals surface area contributed by atoms with Crippen LogP contribution in [0.5, 0.6) is 0 Å². The summed E-state index contributed by atoms with van der Waals surface area (Å²) >= 11 is 0. The first-order chi connectivity index (χ1) is 12.9. The van der Waals surface area contributed by atoms with Crippen molar-refractivity contribution in [1.29, 1.82) is 0 Å². The molecule has 0 bridgehead atoms. The van der Waals surface area contributed by atoms with Crippen LogP contribution in [-0.2, 0) is 11.2 Å². The van der Waals surface area contributed by atoms with Gasteiger partial charge in [-0.2, -0.15) is 0 Å². The van der Waals surface area contributed by atoms with Crippen molar-refractivity contribution >= 4 is 23.3 Å². The fourth-order valence-electron chi connectivity index (χ4n) is 3.37. The highest BCUT2D eigenvalue weighted by Crippen LogP contribution is 2.27. The largest absolute Gasteiger partial charge is 0.478 e. The van der Waals surface area contributed by atoms with Crippen molar-refractivity contribution in [3.05, 3.63) is 59.2 Å². The van der Waals surface area contributed by atoms with Gasteiger partial charge in [-0.25, -0.2) is 4.79 Å². The molecule has 2 N–H and O–H groups in total. The number of carbonyl (C=O) groups is 2. The van der Waals surface area contributed by atoms with Gasteiger partial charge in [-0.1, -0.05) is 36.8 Å². The molecule has 142 valence electrons. The zero-order valence-electron chi connectivity index (χ0n) is 15.9. The maximum Gasteiger partial charge on any atom is 0.337 e. The van der Waals surface area contributed by atoms with Crippen LogP contribution >= 0.6 is 0 Å². The minimum absolute atomic E-state index is 0.128. The molecule has 1 heterocycles. The van der Waals surface area contributed by atoms with Crippen LogP contribution in [-0.4, -0.2) is 30.1 Å². The highest BCUT2D eigenvalue weighted by atomic mass is 16.4. The maximum absolute atomic E-state index is 12.3. The van der Waals surface area contributed by atoms with E-state index in [-0.39, 0.29) is 17.9 Å². The number of nitrogens with one attached hydrogen (secondary N) is 1. The number of hydrogen-bond acceptors (Lipinski definition) is 3. The van der Waals surface area contributed by atoms with E-state index in [0.29, 0.717) is 11.6 Å². The summed E-state index contributed by atoms with van der Waals surface area (Å²) in [5, 5.41) is 12.3. The number of rotatable bonds is 5. The summed E-state index contributed by atoms with van der Waals surface area (Å²) in [5.41, 5.74) is 3.40. The number of carbonyl (C=O) groups excluding carboxylic acids is 1. The summed E-state index contributed by atoms with van der Waals surface area (Å²) in [7, 11) is 0. The minimum atomic E-state index is -1.03. The van der Waals surface area contributed by atoms with Gasteiger partial charge in [-0.3, -0.25) is 4.79 Å². The Labute approximate surface area is 160 Å². The molecule has 0 aliphatic carbocycles. The summed E-state index contributed by atoms with van der Waals surface area (Å²) < 4.78 is 0. The highest BCUT2D eigenvalue weighted by Gasteiger charge is 2.19. The van der Waals surface area contributed by atoms with Crippen LogP contribution in [0.15, 0.2) is 42.5 Å². The number of nitrogens with zero attached hydrogens (tertiary/aromatic N) is 1. The van der Waals surface area contributed by atoms with Gasteiger partial charge in [0, 0.05) is 18.8 Å². The van der Waals surface area contributed by atoms with E-state index < -0.39 is 5.97 Å². The van der Waals surface area contributed by atoms with Gasteiger partial charge in [0.25, 0.3) is 0 Å². The Bertz CT molecular complexity index is 822. The second kappa shape index (κ2) is 8.25. The smallest absolute Gasteiger partial charge is 0.337 e. The summed E-state index contributed by atoms with van der Waals surface area (Å²) in [4.78, 5) is 26.3. The molecule has 0 saturated carbocycles. The molecule has 0 spiro atoms. The van der Waals surface area contributed by atoms with Crippen LogP contribution in [0.3, 0.4) is 0 Å². The first-order valence-electron chi connectivity index (χ1n) is 9.40. The van der Waals surface area contributed by atoms with Gasteiger partial charge in [-0.15, -0.1) is 0 Å². The van der Waals surface area contributed by atoms with Gasteiger partial charge >= 0.3 is 5.97 Å². The molecule has 27 heavy (non-hydrogen) atoms. The Hall–Kier alpha value is -2.82. The maximum atomic E-state index is 12.3. The number of piperidine rings is 1. The lowest BCUT2D eigenvalue weighted by atomic mass is 9.98. The molecule has 0 aromatic heterocycles. The summed E-state index contributed by atoms with van der Waals surface area (Å²) in [6.07, 6.45) is 2.43. The highest BCUT2D eigenvalue weighted by molar-refractivity contribution is 6.01. The molecule has 5 nitrogen and oxygen atoms in total. The SMILES string of the molecule is Cc1ccc(CC(=O)Nc2ccc(N3CCC(C)CC3)cc2C(=O)O)cc1. The van der Waals surface area contributed by atoms with Crippen molar-refractivity contribution in [3.8, 4) is 0 Å². The van der Waals surface area contributed by atoms with E-state index in [2.05, 4.69) is 17.1 Å². The molecule has 1 aliphatic rings. The standard InChI is InChI=1S/C22H26N2O3/c1-15-3-5-17(6-4-15)13-21(25)23-20-8-7-18(14-19(20)22(26)27)24-11-9-16(2)10-12-24/h3-8,14,16H,9-13H2,1-2H3,(H,23,25)(H,26,27). The number of anilines is 2. The first-order valence-corrected chi connectivity index (χ1v) is 9.40. The molecule has 3 rings (SSSR count). The van der Waals surface area contributed by atoms with Crippen molar-refractivity contribution in [2.24, 2.45) is 5.92 Å². The number of carboxylic acids is 1. The molecular weight excluding hydrogens is 340 g/mol. The van der Waals surface area contributed by atoms with Crippen LogP contribution in [0.2, 0.25) is 0 Å². The number of aryl methyl sites for hydroxylation is 1. The predicted octanol–water partition coefficient (Wildman–Crippen LogP) is 4.11. The lowest BCUT2D eigenvalue weighted by molar-refractivity contribution is -0.115. The lowest BCUT2D eigenvalue weighted by Crippen LogP contribution is -2.32. The summed E-state index contributed by atoms with van der Waals surface area (Å²) in [5.74, 6) is -0.547. The predicted molar refractivity (Wildman–Crippen MR) is 108 cm³/mol. The van der Waals surface area contributed by atoms with Gasteiger partial charge in [0.15, 0.2) is 0 Å². The molecule has 2 aromatic rings. The minimum Gasteiger partial charge on any atom is -0.478 e. The Morgan fingerprint density at radius 3 is 2.41 bits per heavy atom. The Morgan fingerprint density at radius 1 is 1.11 bits per heavy atom. The fraction of sp³-hybridized carbons (Fsp3) is 0.364. The number of benzene rings is 2. The average molecular weight is 366 g/mol. The molecule has 0 radical (unpaired) electrons. The third-order valence-corrected chi connectivity index (χ3v) is 5.14. The quantitative estimate of drug-likeness (QED) is 0.835. The van der Waals surface area contributed by atoms with E-state index in [1.165, 1.54) is 0 Å². The molecule has 1 fully saturated rings. The number of aromatic carboxylic acids is 1. The average Bonchev–Trinajstić information content (AvgIpc) is 2.64. The topological polar surface area (TPSA) is 69.6 Å². The van der Waals surface area contributed by atoms with Crippen LogP contribution in [0, 0.1) is 12.8 Å². The Kier molecular flexibility index (Phi) is 5.79. The molecule has 0 unspecified atom stereocenters. The number of amides is 1. The van der Waals surface area contributed by atoms with Crippen molar-refractivity contribution < 1.29 is 14.7 Å². The Morgan fingerprint density at radius 2 is 1.78 bits per heavy atom. The zero-order valence-corrected chi connectivity index (χ0v) is 15.9. The Balaban J connectivity index is 1.73. The van der Waals surface area contributed by atoms with Crippen molar-refractivity contribution in [2.75, 3.05) is 23.3 Å². The first kappa shape index (κ1) is 19.0. The fourth-order valence-corrected chi connectivity index (χ4v) is 3.37. The van der Waals surface area contributed by atoms with Crippen molar-refractivity contribution in [1.82, 2.24) is 0 Å². The van der Waals surface area contributed by atoms with Crippen LogP contribution in [0.25, 0.3) is 0 Å². The van der Waals surface area contributed by atoms with Gasteiger partial charge in [0.05, 0.1) is 17.7 Å². The molecule has 0 atom stereocenters. The molecule has 1 aliphatic heterocycles. The lowest BCUT2D eigenvalue weighted by Gasteiger charge is -2.32. The normalized spacial score (nSPS) is 14.8. The van der Waals surface area contributed by atoms with Gasteiger partial charge < -0.3 is 15.3 Å². The van der Waals surface area contributed by atoms with Crippen LogP contribution in [0.4, 0.5) is 11.4 Å². The van der Waals surface area contributed by atoms with Crippen molar-refractivity contribution in [3.63, 3.8) is 0 Å². The number of carboxylic acid groups (broad SMARTS) is 1. The van der Waals surface area contributed by atoms with Crippen LogP contribution < -0.4 is 10.2 Å². The monoisotopic (exact) mass is 366 g/mol. The van der Waals surface area contributed by atoms with E-state index in [1.807, 2.05) is 37.3 Å². The number of hydrogen-bond donors (Lipinski definition) is 2. The zero-order chi connectivity index (χ0) is 19.4. The summed E-state index contributed by atoms with van der Waals surface area (Å²) in [6, 6.07) is 13.0. The van der Waals surface area contributed by atoms with E-state index in [0.717, 1.165) is 42.7 Å². The summed E-state index contributed by atoms with van der Waals surface area (Å²) in [6.45, 7) is 6.10. The van der Waals surface area contributed by atoms with Crippen LogP contribution in [0.1, 0.15) is 41.3 Å². The molecular formula is C22H26N2O3. The third-order valence-electron chi connectivity index (χ3n) is 5.14. The van der Waals surface area contributed by atoms with Gasteiger partial charge in [-0.05, 0) is 49.4 Å².